The summed E-state index contributed by atoms with van der Waals surface area (Å²) in [5, 5.41) is 8.75. The maximum absolute atomic E-state index is 11.3. The lowest BCUT2D eigenvalue weighted by Gasteiger charge is -2.05. The highest BCUT2D eigenvalue weighted by Gasteiger charge is 2.09. The van der Waals surface area contributed by atoms with Crippen molar-refractivity contribution in [3.8, 4) is 11.8 Å². The van der Waals surface area contributed by atoms with Crippen LogP contribution in [0, 0.1) is 11.3 Å². The van der Waals surface area contributed by atoms with E-state index in [2.05, 4.69) is 4.74 Å². The van der Waals surface area contributed by atoms with Gasteiger partial charge in [-0.25, -0.2) is 4.79 Å². The molecule has 0 radical (unpaired) electrons. The van der Waals surface area contributed by atoms with E-state index in [-0.39, 0.29) is 0 Å². The van der Waals surface area contributed by atoms with E-state index in [0.717, 1.165) is 0 Å². The van der Waals surface area contributed by atoms with Crippen molar-refractivity contribution in [2.75, 3.05) is 13.7 Å². The lowest BCUT2D eigenvalue weighted by molar-refractivity contribution is 0.0600. The maximum atomic E-state index is 11.3. The largest absolute Gasteiger partial charge is 0.494 e. The van der Waals surface area contributed by atoms with E-state index >= 15 is 0 Å². The van der Waals surface area contributed by atoms with E-state index in [1.54, 1.807) is 12.1 Å². The number of carbonyl (C=O) groups is 1. The Morgan fingerprint density at radius 2 is 2.20 bits per heavy atom. The second kappa shape index (κ2) is 5.01. The van der Waals surface area contributed by atoms with Crippen LogP contribution in [0.5, 0.6) is 5.75 Å². The number of ether oxygens (including phenoxy) is 2. The number of carbonyl (C=O) groups excluding carboxylic acids is 1. The van der Waals surface area contributed by atoms with Gasteiger partial charge in [0.15, 0.2) is 0 Å². The number of benzene rings is 1. The molecule has 0 aliphatic heterocycles. The summed E-state index contributed by atoms with van der Waals surface area (Å²) in [5.41, 5.74) is 0.696. The highest BCUT2D eigenvalue weighted by Crippen LogP contribution is 2.17. The molecule has 0 amide bonds. The molecule has 0 aliphatic rings. The van der Waals surface area contributed by atoms with Crippen LogP contribution < -0.4 is 4.74 Å². The molecule has 0 saturated carbocycles. The number of nitrogens with zero attached hydrogens (tertiary/aromatic N) is 1. The minimum Gasteiger partial charge on any atom is -0.494 e. The van der Waals surface area contributed by atoms with Crippen LogP contribution in [-0.2, 0) is 4.74 Å². The predicted octanol–water partition coefficient (Wildman–Crippen LogP) is 1.74. The molecule has 0 spiro atoms. The molecular weight excluding hydrogens is 194 g/mol. The Labute approximate surface area is 88.0 Å². The predicted molar refractivity (Wildman–Crippen MR) is 53.7 cm³/mol. The summed E-state index contributed by atoms with van der Waals surface area (Å²) in [6, 6.07) is 6.56. The van der Waals surface area contributed by atoms with Gasteiger partial charge in [0.05, 0.1) is 30.9 Å². The first-order valence-electron chi connectivity index (χ1n) is 4.47. The summed E-state index contributed by atoms with van der Waals surface area (Å²) < 4.78 is 9.79. The first-order chi connectivity index (χ1) is 7.21. The summed E-state index contributed by atoms with van der Waals surface area (Å²) >= 11 is 0. The van der Waals surface area contributed by atoms with Crippen molar-refractivity contribution < 1.29 is 14.3 Å². The highest BCUT2D eigenvalue weighted by molar-refractivity contribution is 5.90. The number of nitriles is 1. The lowest BCUT2D eigenvalue weighted by Crippen LogP contribution is -2.03. The molecule has 4 heteroatoms. The molecule has 78 valence electrons. The molecule has 1 aromatic rings. The normalized spacial score (nSPS) is 9.13. The minimum atomic E-state index is -0.479. The Kier molecular flexibility index (Phi) is 3.69. The van der Waals surface area contributed by atoms with Gasteiger partial charge in [0.2, 0.25) is 0 Å². The first kappa shape index (κ1) is 11.1. The third-order valence-corrected chi connectivity index (χ3v) is 1.77. The van der Waals surface area contributed by atoms with E-state index in [1.165, 1.54) is 13.2 Å². The number of esters is 1. The summed E-state index contributed by atoms with van der Waals surface area (Å²) in [5.74, 6) is 0.0185. The van der Waals surface area contributed by atoms with Gasteiger partial charge in [-0.1, -0.05) is 0 Å². The van der Waals surface area contributed by atoms with Crippen molar-refractivity contribution in [1.82, 2.24) is 0 Å². The van der Waals surface area contributed by atoms with Crippen molar-refractivity contribution in [3.05, 3.63) is 29.3 Å². The molecule has 15 heavy (non-hydrogen) atoms. The molecule has 4 nitrogen and oxygen atoms in total. The Hall–Kier alpha value is -2.02. The van der Waals surface area contributed by atoms with Crippen LogP contribution in [0.3, 0.4) is 0 Å². The number of hydrogen-bond donors (Lipinski definition) is 0. The van der Waals surface area contributed by atoms with E-state index in [9.17, 15) is 4.79 Å². The first-order valence-corrected chi connectivity index (χ1v) is 4.47. The fourth-order valence-electron chi connectivity index (χ4n) is 1.15. The van der Waals surface area contributed by atoms with Crippen LogP contribution in [0.2, 0.25) is 0 Å². The van der Waals surface area contributed by atoms with Gasteiger partial charge in [0.1, 0.15) is 5.75 Å². The summed E-state index contributed by atoms with van der Waals surface area (Å²) in [4.78, 5) is 11.3. The topological polar surface area (TPSA) is 59.3 Å². The lowest BCUT2D eigenvalue weighted by atomic mass is 10.1. The fourth-order valence-corrected chi connectivity index (χ4v) is 1.15. The van der Waals surface area contributed by atoms with Crippen LogP contribution in [-0.4, -0.2) is 19.7 Å². The van der Waals surface area contributed by atoms with Crippen LogP contribution >= 0.6 is 0 Å². The molecule has 0 N–H and O–H groups in total. The van der Waals surface area contributed by atoms with Crippen molar-refractivity contribution in [2.45, 2.75) is 6.92 Å². The average molecular weight is 205 g/mol. The Bertz CT molecular complexity index is 407. The molecule has 1 rings (SSSR count). The molecule has 0 atom stereocenters. The summed E-state index contributed by atoms with van der Waals surface area (Å²) in [6.45, 7) is 2.31. The molecule has 0 fully saturated rings. The Balaban J connectivity index is 3.12. The molecule has 0 aliphatic carbocycles. The molecule has 0 unspecified atom stereocenters. The van der Waals surface area contributed by atoms with Crippen LogP contribution in [0.25, 0.3) is 0 Å². The van der Waals surface area contributed by atoms with E-state index in [1.807, 2.05) is 13.0 Å². The molecule has 0 heterocycles. The Morgan fingerprint density at radius 1 is 1.47 bits per heavy atom. The SMILES string of the molecule is CCOc1cc(C#N)cc(C(=O)OC)c1. The molecule has 0 saturated heterocycles. The van der Waals surface area contributed by atoms with Crippen molar-refractivity contribution in [1.29, 1.82) is 5.26 Å². The van der Waals surface area contributed by atoms with E-state index in [4.69, 9.17) is 10.00 Å². The smallest absolute Gasteiger partial charge is 0.338 e. The van der Waals surface area contributed by atoms with E-state index < -0.39 is 5.97 Å². The zero-order chi connectivity index (χ0) is 11.3. The third-order valence-electron chi connectivity index (χ3n) is 1.77. The van der Waals surface area contributed by atoms with Gasteiger partial charge < -0.3 is 9.47 Å². The summed E-state index contributed by atoms with van der Waals surface area (Å²) in [7, 11) is 1.29. The van der Waals surface area contributed by atoms with Crippen LogP contribution in [0.4, 0.5) is 0 Å². The quantitative estimate of drug-likeness (QED) is 0.705. The Morgan fingerprint density at radius 3 is 2.73 bits per heavy atom. The van der Waals surface area contributed by atoms with Gasteiger partial charge >= 0.3 is 5.97 Å². The van der Waals surface area contributed by atoms with Gasteiger partial charge in [0, 0.05) is 0 Å². The molecule has 0 aromatic heterocycles. The van der Waals surface area contributed by atoms with Gasteiger partial charge in [-0.2, -0.15) is 5.26 Å². The standard InChI is InChI=1S/C11H11NO3/c1-3-15-10-5-8(7-12)4-9(6-10)11(13)14-2/h4-6H,3H2,1-2H3. The zero-order valence-corrected chi connectivity index (χ0v) is 8.61. The monoisotopic (exact) mass is 205 g/mol. The van der Waals surface area contributed by atoms with Gasteiger partial charge in [-0.15, -0.1) is 0 Å². The van der Waals surface area contributed by atoms with Crippen LogP contribution in [0.1, 0.15) is 22.8 Å². The van der Waals surface area contributed by atoms with Gasteiger partial charge in [-0.3, -0.25) is 0 Å². The van der Waals surface area contributed by atoms with Crippen LogP contribution in [0.15, 0.2) is 18.2 Å². The average Bonchev–Trinajstić information content (AvgIpc) is 2.28. The molecule has 0 bridgehead atoms. The molecule has 1 aromatic carbocycles. The van der Waals surface area contributed by atoms with E-state index in [0.29, 0.717) is 23.5 Å². The fraction of sp³-hybridized carbons (Fsp3) is 0.273. The van der Waals surface area contributed by atoms with Crippen molar-refractivity contribution in [3.63, 3.8) is 0 Å². The second-order valence-electron chi connectivity index (χ2n) is 2.78. The number of methoxy groups -OCH3 is 1. The number of hydrogen-bond acceptors (Lipinski definition) is 4. The minimum absolute atomic E-state index is 0.319. The van der Waals surface area contributed by atoms with Crippen molar-refractivity contribution >= 4 is 5.97 Å². The summed E-state index contributed by atoms with van der Waals surface area (Å²) in [6.07, 6.45) is 0. The maximum Gasteiger partial charge on any atom is 0.338 e. The number of rotatable bonds is 3. The third kappa shape index (κ3) is 2.71. The van der Waals surface area contributed by atoms with Gasteiger partial charge in [0.25, 0.3) is 0 Å². The highest BCUT2D eigenvalue weighted by atomic mass is 16.5. The van der Waals surface area contributed by atoms with Crippen molar-refractivity contribution in [2.24, 2.45) is 0 Å². The second-order valence-corrected chi connectivity index (χ2v) is 2.78. The van der Waals surface area contributed by atoms with Gasteiger partial charge in [-0.05, 0) is 25.1 Å². The zero-order valence-electron chi connectivity index (χ0n) is 8.61. The molecular formula is C11H11NO3.